The average Bonchev–Trinajstić information content (AvgIpc) is 2.20. The minimum Gasteiger partial charge on any atom is -0.115 e. The zero-order valence-electron chi connectivity index (χ0n) is 9.15. The van der Waals surface area contributed by atoms with Gasteiger partial charge in [0.05, 0.1) is 0 Å². The molecular weight excluding hydrogens is 168 g/mol. The van der Waals surface area contributed by atoms with E-state index in [1.165, 1.54) is 11.1 Å². The number of hydrogen-bond acceptors (Lipinski definition) is 0. The second-order valence-electron chi connectivity index (χ2n) is 3.54. The van der Waals surface area contributed by atoms with Crippen molar-refractivity contribution in [2.24, 2.45) is 0 Å². The molecule has 0 heterocycles. The molecule has 0 bridgehead atoms. The van der Waals surface area contributed by atoms with Crippen molar-refractivity contribution in [1.29, 1.82) is 0 Å². The van der Waals surface area contributed by atoms with Crippen molar-refractivity contribution in [3.05, 3.63) is 33.4 Å². The highest BCUT2D eigenvalue weighted by molar-refractivity contribution is 5.61. The van der Waals surface area contributed by atoms with E-state index in [1.807, 2.05) is 13.8 Å². The molecule has 0 fully saturated rings. The number of hydrogen-bond donors (Lipinski definition) is 0. The molecule has 0 unspecified atom stereocenters. The van der Waals surface area contributed by atoms with Crippen LogP contribution in [0.4, 0.5) is 0 Å². The van der Waals surface area contributed by atoms with E-state index in [0.29, 0.717) is 0 Å². The zero-order chi connectivity index (χ0) is 10.9. The first-order chi connectivity index (χ1) is 6.54. The third-order valence-corrected chi connectivity index (χ3v) is 2.98. The monoisotopic (exact) mass is 182 g/mol. The van der Waals surface area contributed by atoms with E-state index >= 15 is 0 Å². The van der Waals surface area contributed by atoms with Gasteiger partial charge in [-0.05, 0) is 49.9 Å². The van der Waals surface area contributed by atoms with Crippen molar-refractivity contribution in [1.82, 2.24) is 0 Å². The highest BCUT2D eigenvalue weighted by atomic mass is 14.1. The SMILES string of the molecule is C#Cc1c(C)c(C)c(C)c(C)c1C#C. The summed E-state index contributed by atoms with van der Waals surface area (Å²) in [7, 11) is 0. The third kappa shape index (κ3) is 1.30. The van der Waals surface area contributed by atoms with Crippen LogP contribution >= 0.6 is 0 Å². The van der Waals surface area contributed by atoms with Gasteiger partial charge in [0.2, 0.25) is 0 Å². The first-order valence-corrected chi connectivity index (χ1v) is 4.58. The first-order valence-electron chi connectivity index (χ1n) is 4.58. The van der Waals surface area contributed by atoms with Crippen molar-refractivity contribution >= 4 is 0 Å². The fourth-order valence-corrected chi connectivity index (χ4v) is 1.67. The maximum absolute atomic E-state index is 5.47. The number of rotatable bonds is 0. The van der Waals surface area contributed by atoms with Gasteiger partial charge in [-0.3, -0.25) is 0 Å². The Morgan fingerprint density at radius 1 is 0.643 bits per heavy atom. The number of benzene rings is 1. The molecule has 1 rings (SSSR count). The predicted octanol–water partition coefficient (Wildman–Crippen LogP) is 2.88. The Bertz CT molecular complexity index is 418. The molecule has 0 aromatic heterocycles. The van der Waals surface area contributed by atoms with Gasteiger partial charge in [0, 0.05) is 11.1 Å². The van der Waals surface area contributed by atoms with Crippen molar-refractivity contribution in [3.63, 3.8) is 0 Å². The topological polar surface area (TPSA) is 0 Å². The maximum Gasteiger partial charge on any atom is 0.0433 e. The molecule has 0 atom stereocenters. The Labute approximate surface area is 86.3 Å². The molecule has 1 aromatic carbocycles. The molecule has 1 aromatic rings. The highest BCUT2D eigenvalue weighted by Crippen LogP contribution is 2.25. The highest BCUT2D eigenvalue weighted by Gasteiger charge is 2.11. The van der Waals surface area contributed by atoms with Crippen LogP contribution in [0.15, 0.2) is 0 Å². The number of terminal acetylenes is 2. The Morgan fingerprint density at radius 3 is 1.14 bits per heavy atom. The van der Waals surface area contributed by atoms with Gasteiger partial charge in [-0.1, -0.05) is 11.8 Å². The van der Waals surface area contributed by atoms with Gasteiger partial charge in [-0.15, -0.1) is 12.8 Å². The quantitative estimate of drug-likeness (QED) is 0.541. The van der Waals surface area contributed by atoms with Crippen LogP contribution in [0, 0.1) is 52.4 Å². The van der Waals surface area contributed by atoms with Gasteiger partial charge in [0.1, 0.15) is 0 Å². The lowest BCUT2D eigenvalue weighted by molar-refractivity contribution is 1.19. The Kier molecular flexibility index (Phi) is 2.68. The third-order valence-electron chi connectivity index (χ3n) is 2.98. The van der Waals surface area contributed by atoms with Gasteiger partial charge in [0.25, 0.3) is 0 Å². The molecule has 0 saturated heterocycles. The smallest absolute Gasteiger partial charge is 0.0433 e. The standard InChI is InChI=1S/C14H14/c1-7-13-11(5)9(3)10(4)12(6)14(13)8-2/h1-2H,3-6H3. The van der Waals surface area contributed by atoms with Crippen molar-refractivity contribution in [2.45, 2.75) is 27.7 Å². The molecule has 0 amide bonds. The summed E-state index contributed by atoms with van der Waals surface area (Å²) in [5, 5.41) is 0. The van der Waals surface area contributed by atoms with Crippen LogP contribution in [0.5, 0.6) is 0 Å². The molecule has 0 heteroatoms. The minimum atomic E-state index is 0.869. The first kappa shape index (κ1) is 10.4. The predicted molar refractivity (Wildman–Crippen MR) is 61.3 cm³/mol. The Morgan fingerprint density at radius 2 is 0.929 bits per heavy atom. The second-order valence-corrected chi connectivity index (χ2v) is 3.54. The summed E-state index contributed by atoms with van der Waals surface area (Å²) in [6, 6.07) is 0. The van der Waals surface area contributed by atoms with E-state index in [-0.39, 0.29) is 0 Å². The molecular formula is C14H14. The molecule has 0 saturated carbocycles. The van der Waals surface area contributed by atoms with Crippen molar-refractivity contribution < 1.29 is 0 Å². The zero-order valence-corrected chi connectivity index (χ0v) is 9.15. The summed E-state index contributed by atoms with van der Waals surface area (Å²) in [6.45, 7) is 8.22. The normalized spacial score (nSPS) is 9.29. The molecule has 14 heavy (non-hydrogen) atoms. The summed E-state index contributed by atoms with van der Waals surface area (Å²) in [6.07, 6.45) is 10.9. The van der Waals surface area contributed by atoms with Crippen LogP contribution in [0.1, 0.15) is 33.4 Å². The van der Waals surface area contributed by atoms with E-state index in [2.05, 4.69) is 25.7 Å². The fraction of sp³-hybridized carbons (Fsp3) is 0.286. The van der Waals surface area contributed by atoms with E-state index in [1.54, 1.807) is 0 Å². The lowest BCUT2D eigenvalue weighted by Gasteiger charge is -2.14. The molecule has 0 spiro atoms. The van der Waals surface area contributed by atoms with Crippen LogP contribution < -0.4 is 0 Å². The minimum absolute atomic E-state index is 0.869. The lowest BCUT2D eigenvalue weighted by Crippen LogP contribution is -2.00. The van der Waals surface area contributed by atoms with Crippen LogP contribution in [-0.4, -0.2) is 0 Å². The van der Waals surface area contributed by atoms with Crippen LogP contribution in [0.2, 0.25) is 0 Å². The van der Waals surface area contributed by atoms with Gasteiger partial charge < -0.3 is 0 Å². The fourth-order valence-electron chi connectivity index (χ4n) is 1.67. The summed E-state index contributed by atoms with van der Waals surface area (Å²) < 4.78 is 0. The van der Waals surface area contributed by atoms with E-state index < -0.39 is 0 Å². The Hall–Kier alpha value is -1.66. The molecule has 0 aliphatic carbocycles. The van der Waals surface area contributed by atoms with Crippen LogP contribution in [0.25, 0.3) is 0 Å². The molecule has 0 radical (unpaired) electrons. The summed E-state index contributed by atoms with van der Waals surface area (Å²) in [4.78, 5) is 0. The summed E-state index contributed by atoms with van der Waals surface area (Å²) in [5.74, 6) is 5.36. The second kappa shape index (κ2) is 3.60. The maximum atomic E-state index is 5.47. The molecule has 70 valence electrons. The van der Waals surface area contributed by atoms with Crippen molar-refractivity contribution in [2.75, 3.05) is 0 Å². The molecule has 0 aliphatic rings. The van der Waals surface area contributed by atoms with Gasteiger partial charge in [-0.25, -0.2) is 0 Å². The molecule has 0 nitrogen and oxygen atoms in total. The molecule has 0 aliphatic heterocycles. The summed E-state index contributed by atoms with van der Waals surface area (Å²) >= 11 is 0. The summed E-state index contributed by atoms with van der Waals surface area (Å²) in [5.41, 5.74) is 6.48. The van der Waals surface area contributed by atoms with Crippen molar-refractivity contribution in [3.8, 4) is 24.7 Å². The van der Waals surface area contributed by atoms with Gasteiger partial charge in [0.15, 0.2) is 0 Å². The van der Waals surface area contributed by atoms with Crippen LogP contribution in [0.3, 0.4) is 0 Å². The molecule has 0 N–H and O–H groups in total. The average molecular weight is 182 g/mol. The lowest BCUT2D eigenvalue weighted by atomic mass is 9.89. The van der Waals surface area contributed by atoms with Gasteiger partial charge in [-0.2, -0.15) is 0 Å². The van der Waals surface area contributed by atoms with E-state index in [0.717, 1.165) is 22.3 Å². The van der Waals surface area contributed by atoms with E-state index in [4.69, 9.17) is 12.8 Å². The van der Waals surface area contributed by atoms with Crippen LogP contribution in [-0.2, 0) is 0 Å². The van der Waals surface area contributed by atoms with Gasteiger partial charge >= 0.3 is 0 Å². The van der Waals surface area contributed by atoms with E-state index in [9.17, 15) is 0 Å². The largest absolute Gasteiger partial charge is 0.115 e. The Balaban J connectivity index is 3.79.